The first kappa shape index (κ1) is 21.4. The molecule has 1 aromatic carbocycles. The Morgan fingerprint density at radius 1 is 1.24 bits per heavy atom. The van der Waals surface area contributed by atoms with Gasteiger partial charge >= 0.3 is 5.97 Å². The van der Waals surface area contributed by atoms with E-state index in [1.165, 1.54) is 16.2 Å². The Morgan fingerprint density at radius 3 is 2.69 bits per heavy atom. The topological polar surface area (TPSA) is 64.6 Å². The number of amides is 1. The van der Waals surface area contributed by atoms with Crippen LogP contribution in [0.5, 0.6) is 5.75 Å². The Kier molecular flexibility index (Phi) is 7.31. The van der Waals surface area contributed by atoms with Crippen LogP contribution < -0.4 is 10.1 Å². The smallest absolute Gasteiger partial charge is 0.341 e. The lowest BCUT2D eigenvalue weighted by molar-refractivity contribution is -0.122. The van der Waals surface area contributed by atoms with E-state index in [1.807, 2.05) is 44.2 Å². The van der Waals surface area contributed by atoms with E-state index in [4.69, 9.17) is 9.47 Å². The third-order valence-electron chi connectivity index (χ3n) is 5.07. The zero-order valence-corrected chi connectivity index (χ0v) is 18.1. The molecule has 5 nitrogen and oxygen atoms in total. The number of rotatable bonds is 8. The Hall–Kier alpha value is -2.34. The van der Waals surface area contributed by atoms with Gasteiger partial charge in [-0.1, -0.05) is 39.0 Å². The van der Waals surface area contributed by atoms with Gasteiger partial charge in [-0.05, 0) is 55.7 Å². The number of hydrogen-bond acceptors (Lipinski definition) is 5. The summed E-state index contributed by atoms with van der Waals surface area (Å²) in [6.45, 7) is 6.47. The Bertz CT molecular complexity index is 846. The Balaban J connectivity index is 1.83. The van der Waals surface area contributed by atoms with Crippen molar-refractivity contribution in [3.05, 3.63) is 46.3 Å². The quantitative estimate of drug-likeness (QED) is 0.599. The van der Waals surface area contributed by atoms with E-state index in [0.717, 1.165) is 31.2 Å². The third-order valence-corrected chi connectivity index (χ3v) is 6.24. The van der Waals surface area contributed by atoms with Gasteiger partial charge in [0, 0.05) is 4.88 Å². The number of carbonyl (C=O) groups excluding carboxylic acids is 2. The highest BCUT2D eigenvalue weighted by atomic mass is 32.1. The van der Waals surface area contributed by atoms with Gasteiger partial charge in [0.2, 0.25) is 0 Å². The molecule has 0 saturated carbocycles. The molecule has 1 aromatic heterocycles. The fourth-order valence-electron chi connectivity index (χ4n) is 3.50. The van der Waals surface area contributed by atoms with E-state index in [-0.39, 0.29) is 11.9 Å². The summed E-state index contributed by atoms with van der Waals surface area (Å²) in [6.07, 6.45) is 3.48. The van der Waals surface area contributed by atoms with Crippen LogP contribution >= 0.6 is 11.3 Å². The van der Waals surface area contributed by atoms with Crippen molar-refractivity contribution >= 4 is 28.2 Å². The minimum Gasteiger partial charge on any atom is -0.481 e. The second-order valence-corrected chi connectivity index (χ2v) is 8.61. The van der Waals surface area contributed by atoms with Gasteiger partial charge in [0.15, 0.2) is 6.10 Å². The maximum atomic E-state index is 12.9. The maximum absolute atomic E-state index is 12.9. The number of anilines is 1. The molecule has 3 rings (SSSR count). The van der Waals surface area contributed by atoms with Crippen molar-refractivity contribution in [2.24, 2.45) is 5.92 Å². The number of benzene rings is 1. The highest BCUT2D eigenvalue weighted by Gasteiger charge is 2.30. The van der Waals surface area contributed by atoms with Gasteiger partial charge < -0.3 is 14.8 Å². The Morgan fingerprint density at radius 2 is 2.00 bits per heavy atom. The van der Waals surface area contributed by atoms with Crippen molar-refractivity contribution in [3.8, 4) is 5.75 Å². The highest BCUT2D eigenvalue weighted by Crippen LogP contribution is 2.40. The molecule has 1 aliphatic rings. The molecule has 0 saturated heterocycles. The molecule has 29 heavy (non-hydrogen) atoms. The van der Waals surface area contributed by atoms with E-state index < -0.39 is 6.10 Å². The summed E-state index contributed by atoms with van der Waals surface area (Å²) in [5, 5.41) is 3.55. The summed E-state index contributed by atoms with van der Waals surface area (Å²) in [5.74, 6) is 0.643. The van der Waals surface area contributed by atoms with Gasteiger partial charge in [-0.3, -0.25) is 4.79 Å². The predicted molar refractivity (Wildman–Crippen MR) is 116 cm³/mol. The Labute approximate surface area is 176 Å². The minimum absolute atomic E-state index is 0.243. The average Bonchev–Trinajstić information content (AvgIpc) is 3.07. The molecule has 0 bridgehead atoms. The molecule has 1 heterocycles. The number of hydrogen-bond donors (Lipinski definition) is 1. The van der Waals surface area contributed by atoms with Crippen LogP contribution in [0.15, 0.2) is 30.3 Å². The lowest BCUT2D eigenvalue weighted by Crippen LogP contribution is -2.32. The van der Waals surface area contributed by atoms with Crippen LogP contribution in [-0.2, 0) is 22.4 Å². The molecule has 2 unspecified atom stereocenters. The second kappa shape index (κ2) is 9.92. The number of nitrogens with one attached hydrogen (secondary N) is 1. The van der Waals surface area contributed by atoms with Gasteiger partial charge in [-0.15, -0.1) is 11.3 Å². The first-order valence-corrected chi connectivity index (χ1v) is 11.2. The third kappa shape index (κ3) is 5.18. The fourth-order valence-corrected chi connectivity index (χ4v) is 4.90. The van der Waals surface area contributed by atoms with Crippen LogP contribution in [0.3, 0.4) is 0 Å². The molecule has 2 atom stereocenters. The van der Waals surface area contributed by atoms with E-state index in [9.17, 15) is 9.59 Å². The molecule has 0 aliphatic heterocycles. The first-order valence-electron chi connectivity index (χ1n) is 10.4. The molecule has 6 heteroatoms. The zero-order valence-electron chi connectivity index (χ0n) is 17.3. The van der Waals surface area contributed by atoms with Crippen LogP contribution in [0, 0.1) is 5.92 Å². The first-order chi connectivity index (χ1) is 14.0. The summed E-state index contributed by atoms with van der Waals surface area (Å²) >= 11 is 1.50. The largest absolute Gasteiger partial charge is 0.481 e. The van der Waals surface area contributed by atoms with Gasteiger partial charge in [0.25, 0.3) is 5.91 Å². The number of carbonyl (C=O) groups is 2. The van der Waals surface area contributed by atoms with Crippen LogP contribution in [0.4, 0.5) is 5.00 Å². The molecule has 0 spiro atoms. The minimum atomic E-state index is -0.630. The summed E-state index contributed by atoms with van der Waals surface area (Å²) < 4.78 is 11.3. The molecule has 0 radical (unpaired) electrons. The number of ether oxygens (including phenoxy) is 2. The highest BCUT2D eigenvalue weighted by molar-refractivity contribution is 7.17. The molecule has 1 aliphatic carbocycles. The number of para-hydroxylation sites is 1. The average molecular weight is 416 g/mol. The fraction of sp³-hybridized carbons (Fsp3) is 0.478. The predicted octanol–water partition coefficient (Wildman–Crippen LogP) is 5.24. The second-order valence-electron chi connectivity index (χ2n) is 7.51. The van der Waals surface area contributed by atoms with Crippen LogP contribution in [0.2, 0.25) is 0 Å². The normalized spacial score (nSPS) is 16.6. The molecular weight excluding hydrogens is 386 g/mol. The number of esters is 1. The summed E-state index contributed by atoms with van der Waals surface area (Å²) in [5.41, 5.74) is 1.58. The molecule has 0 fully saturated rings. The molecule has 1 N–H and O–H groups in total. The summed E-state index contributed by atoms with van der Waals surface area (Å²) in [6, 6.07) is 9.30. The SMILES string of the molecule is CCCOC(=O)c1c(NC(=O)C(CC)Oc2ccccc2)sc2c1CCC(C)C2. The lowest BCUT2D eigenvalue weighted by atomic mass is 9.88. The standard InChI is InChI=1S/C23H29NO4S/c1-4-13-27-23(26)20-17-12-11-15(3)14-19(17)29-22(20)24-21(25)18(5-2)28-16-9-7-6-8-10-16/h6-10,15,18H,4-5,11-14H2,1-3H3,(H,24,25). The van der Waals surface area contributed by atoms with E-state index in [1.54, 1.807) is 0 Å². The zero-order chi connectivity index (χ0) is 20.8. The number of fused-ring (bicyclic) bond motifs is 1. The number of thiophene rings is 1. The lowest BCUT2D eigenvalue weighted by Gasteiger charge is -2.18. The monoisotopic (exact) mass is 415 g/mol. The van der Waals surface area contributed by atoms with Crippen molar-refractivity contribution < 1.29 is 19.1 Å². The molecule has 1 amide bonds. The summed E-state index contributed by atoms with van der Waals surface area (Å²) in [7, 11) is 0. The van der Waals surface area contributed by atoms with Crippen LogP contribution in [0.25, 0.3) is 0 Å². The van der Waals surface area contributed by atoms with Crippen molar-refractivity contribution in [1.29, 1.82) is 0 Å². The molecule has 2 aromatic rings. The van der Waals surface area contributed by atoms with Crippen molar-refractivity contribution in [2.75, 3.05) is 11.9 Å². The van der Waals surface area contributed by atoms with E-state index >= 15 is 0 Å². The van der Waals surface area contributed by atoms with Crippen LogP contribution in [-0.4, -0.2) is 24.6 Å². The van der Waals surface area contributed by atoms with Crippen LogP contribution in [0.1, 0.15) is 60.8 Å². The molecule has 156 valence electrons. The van der Waals surface area contributed by atoms with Crippen molar-refractivity contribution in [1.82, 2.24) is 0 Å². The maximum Gasteiger partial charge on any atom is 0.341 e. The summed E-state index contributed by atoms with van der Waals surface area (Å²) in [4.78, 5) is 26.9. The van der Waals surface area contributed by atoms with Gasteiger partial charge in [0.1, 0.15) is 10.8 Å². The van der Waals surface area contributed by atoms with Crippen molar-refractivity contribution in [2.45, 2.75) is 59.0 Å². The van der Waals surface area contributed by atoms with Gasteiger partial charge in [0.05, 0.1) is 12.2 Å². The van der Waals surface area contributed by atoms with Gasteiger partial charge in [-0.25, -0.2) is 4.79 Å². The molecular formula is C23H29NO4S. The van der Waals surface area contributed by atoms with Gasteiger partial charge in [-0.2, -0.15) is 0 Å². The van der Waals surface area contributed by atoms with E-state index in [2.05, 4.69) is 12.2 Å². The van der Waals surface area contributed by atoms with E-state index in [0.29, 0.717) is 35.3 Å². The van der Waals surface area contributed by atoms with Crippen molar-refractivity contribution in [3.63, 3.8) is 0 Å².